The predicted octanol–water partition coefficient (Wildman–Crippen LogP) is 3.43. The number of nitrogens with one attached hydrogen (secondary N) is 1. The first-order chi connectivity index (χ1) is 13.2. The van der Waals surface area contributed by atoms with Gasteiger partial charge in [-0.1, -0.05) is 6.07 Å². The Labute approximate surface area is 160 Å². The lowest BCUT2D eigenvalue weighted by molar-refractivity contribution is 0.102. The molecule has 1 aliphatic rings. The van der Waals surface area contributed by atoms with Gasteiger partial charge >= 0.3 is 0 Å². The third kappa shape index (κ3) is 4.92. The van der Waals surface area contributed by atoms with Crippen molar-refractivity contribution < 1.29 is 19.0 Å². The molecule has 0 spiro atoms. The van der Waals surface area contributed by atoms with Crippen LogP contribution in [0.4, 0.5) is 5.69 Å². The van der Waals surface area contributed by atoms with Gasteiger partial charge in [-0.2, -0.15) is 0 Å². The number of hydrogen-bond donors (Lipinski definition) is 1. The first-order valence-corrected chi connectivity index (χ1v) is 9.19. The van der Waals surface area contributed by atoms with Crippen LogP contribution in [0.1, 0.15) is 23.2 Å². The van der Waals surface area contributed by atoms with Crippen molar-refractivity contribution in [1.82, 2.24) is 4.90 Å². The Bertz CT molecular complexity index is 733. The molecule has 1 saturated heterocycles. The number of likely N-dealkylation sites (tertiary alicyclic amines) is 1. The van der Waals surface area contributed by atoms with Gasteiger partial charge in [0.05, 0.1) is 14.2 Å². The van der Waals surface area contributed by atoms with E-state index in [1.807, 2.05) is 24.3 Å². The quantitative estimate of drug-likeness (QED) is 0.771. The third-order valence-electron chi connectivity index (χ3n) is 4.64. The molecular weight excluding hydrogens is 344 g/mol. The molecular formula is C21H26N2O4. The van der Waals surface area contributed by atoms with Gasteiger partial charge in [-0.25, -0.2) is 0 Å². The van der Waals surface area contributed by atoms with Crippen molar-refractivity contribution in [2.24, 2.45) is 0 Å². The van der Waals surface area contributed by atoms with E-state index >= 15 is 0 Å². The summed E-state index contributed by atoms with van der Waals surface area (Å²) in [6.07, 6.45) is 2.57. The average Bonchev–Trinajstić information content (AvgIpc) is 3.22. The van der Waals surface area contributed by atoms with Crippen molar-refractivity contribution >= 4 is 11.6 Å². The SMILES string of the molecule is COc1cccc(OC)c1C(=O)Nc1ccc(OCCN2CCCC2)cc1. The van der Waals surface area contributed by atoms with Gasteiger partial charge in [0.25, 0.3) is 5.91 Å². The minimum absolute atomic E-state index is 0.285. The predicted molar refractivity (Wildman–Crippen MR) is 105 cm³/mol. The van der Waals surface area contributed by atoms with Gasteiger partial charge in [-0.15, -0.1) is 0 Å². The van der Waals surface area contributed by atoms with Crippen molar-refractivity contribution in [3.8, 4) is 17.2 Å². The molecule has 1 aliphatic heterocycles. The van der Waals surface area contributed by atoms with Crippen LogP contribution in [0.2, 0.25) is 0 Å². The molecule has 0 saturated carbocycles. The number of anilines is 1. The lowest BCUT2D eigenvalue weighted by Gasteiger charge is -2.15. The highest BCUT2D eigenvalue weighted by Gasteiger charge is 2.18. The van der Waals surface area contributed by atoms with E-state index in [0.29, 0.717) is 29.4 Å². The van der Waals surface area contributed by atoms with Crippen LogP contribution >= 0.6 is 0 Å². The van der Waals surface area contributed by atoms with Crippen LogP contribution in [0.25, 0.3) is 0 Å². The Morgan fingerprint density at radius 3 is 2.22 bits per heavy atom. The summed E-state index contributed by atoms with van der Waals surface area (Å²) in [6.45, 7) is 3.96. The zero-order valence-corrected chi connectivity index (χ0v) is 15.9. The zero-order valence-electron chi connectivity index (χ0n) is 15.9. The Morgan fingerprint density at radius 1 is 1.00 bits per heavy atom. The summed E-state index contributed by atoms with van der Waals surface area (Å²) in [4.78, 5) is 15.1. The van der Waals surface area contributed by atoms with Gasteiger partial charge < -0.3 is 19.5 Å². The molecule has 1 heterocycles. The maximum Gasteiger partial charge on any atom is 0.263 e. The van der Waals surface area contributed by atoms with E-state index in [2.05, 4.69) is 10.2 Å². The topological polar surface area (TPSA) is 60.0 Å². The summed E-state index contributed by atoms with van der Waals surface area (Å²) in [7, 11) is 3.06. The van der Waals surface area contributed by atoms with Crippen LogP contribution in [-0.4, -0.2) is 51.3 Å². The fraction of sp³-hybridized carbons (Fsp3) is 0.381. The molecule has 3 rings (SSSR count). The lowest BCUT2D eigenvalue weighted by Crippen LogP contribution is -2.25. The van der Waals surface area contributed by atoms with Crippen LogP contribution in [0.15, 0.2) is 42.5 Å². The van der Waals surface area contributed by atoms with Crippen LogP contribution in [0, 0.1) is 0 Å². The number of ether oxygens (including phenoxy) is 3. The molecule has 0 aromatic heterocycles. The molecule has 6 heteroatoms. The Kier molecular flexibility index (Phi) is 6.54. The van der Waals surface area contributed by atoms with Gasteiger partial charge in [0, 0.05) is 12.2 Å². The van der Waals surface area contributed by atoms with E-state index in [4.69, 9.17) is 14.2 Å². The molecule has 144 valence electrons. The fourth-order valence-corrected chi connectivity index (χ4v) is 3.20. The molecule has 0 bridgehead atoms. The number of nitrogens with zero attached hydrogens (tertiary/aromatic N) is 1. The standard InChI is InChI=1S/C21H26N2O4/c1-25-18-6-5-7-19(26-2)20(18)21(24)22-16-8-10-17(11-9-16)27-15-14-23-12-3-4-13-23/h5-11H,3-4,12-15H2,1-2H3,(H,22,24). The van der Waals surface area contributed by atoms with E-state index in [9.17, 15) is 4.79 Å². The second-order valence-electron chi connectivity index (χ2n) is 6.41. The number of methoxy groups -OCH3 is 2. The first kappa shape index (κ1) is 19.0. The van der Waals surface area contributed by atoms with Gasteiger partial charge in [0.2, 0.25) is 0 Å². The number of amides is 1. The second kappa shape index (κ2) is 9.28. The summed E-state index contributed by atoms with van der Waals surface area (Å²) in [5, 5.41) is 2.87. The van der Waals surface area contributed by atoms with E-state index in [0.717, 1.165) is 12.3 Å². The van der Waals surface area contributed by atoms with Crippen LogP contribution in [0.3, 0.4) is 0 Å². The van der Waals surface area contributed by atoms with E-state index in [1.165, 1.54) is 40.2 Å². The summed E-state index contributed by atoms with van der Waals surface area (Å²) in [5.74, 6) is 1.44. The summed E-state index contributed by atoms with van der Waals surface area (Å²) >= 11 is 0. The summed E-state index contributed by atoms with van der Waals surface area (Å²) in [6, 6.07) is 12.6. The minimum Gasteiger partial charge on any atom is -0.496 e. The molecule has 1 N–H and O–H groups in total. The number of benzene rings is 2. The monoisotopic (exact) mass is 370 g/mol. The molecule has 0 unspecified atom stereocenters. The molecule has 6 nitrogen and oxygen atoms in total. The highest BCUT2D eigenvalue weighted by Crippen LogP contribution is 2.29. The smallest absolute Gasteiger partial charge is 0.263 e. The molecule has 2 aromatic rings. The minimum atomic E-state index is -0.285. The van der Waals surface area contributed by atoms with E-state index in [1.54, 1.807) is 18.2 Å². The number of rotatable bonds is 8. The third-order valence-corrected chi connectivity index (χ3v) is 4.64. The van der Waals surface area contributed by atoms with Crippen LogP contribution in [-0.2, 0) is 0 Å². The molecule has 1 fully saturated rings. The van der Waals surface area contributed by atoms with Crippen molar-refractivity contribution in [2.45, 2.75) is 12.8 Å². The van der Waals surface area contributed by atoms with Crippen LogP contribution < -0.4 is 19.5 Å². The number of carbonyl (C=O) groups excluding carboxylic acids is 1. The van der Waals surface area contributed by atoms with E-state index < -0.39 is 0 Å². The zero-order chi connectivity index (χ0) is 19.1. The van der Waals surface area contributed by atoms with Gasteiger partial charge in [0.1, 0.15) is 29.4 Å². The highest BCUT2D eigenvalue weighted by atomic mass is 16.5. The lowest BCUT2D eigenvalue weighted by atomic mass is 10.1. The van der Waals surface area contributed by atoms with E-state index in [-0.39, 0.29) is 5.91 Å². The maximum absolute atomic E-state index is 12.7. The van der Waals surface area contributed by atoms with Crippen LogP contribution in [0.5, 0.6) is 17.2 Å². The van der Waals surface area contributed by atoms with Gasteiger partial charge in [0.15, 0.2) is 0 Å². The largest absolute Gasteiger partial charge is 0.496 e. The number of hydrogen-bond acceptors (Lipinski definition) is 5. The summed E-state index contributed by atoms with van der Waals surface area (Å²) in [5.41, 5.74) is 1.05. The summed E-state index contributed by atoms with van der Waals surface area (Å²) < 4.78 is 16.4. The first-order valence-electron chi connectivity index (χ1n) is 9.19. The average molecular weight is 370 g/mol. The number of carbonyl (C=O) groups is 1. The Balaban J connectivity index is 1.58. The van der Waals surface area contributed by atoms with Crippen molar-refractivity contribution in [2.75, 3.05) is 45.8 Å². The molecule has 1 amide bonds. The molecule has 27 heavy (non-hydrogen) atoms. The Morgan fingerprint density at radius 2 is 1.63 bits per heavy atom. The van der Waals surface area contributed by atoms with Crippen molar-refractivity contribution in [1.29, 1.82) is 0 Å². The van der Waals surface area contributed by atoms with Gasteiger partial charge in [-0.05, 0) is 62.3 Å². The fourth-order valence-electron chi connectivity index (χ4n) is 3.20. The highest BCUT2D eigenvalue weighted by molar-refractivity contribution is 6.08. The normalized spacial score (nSPS) is 14.0. The second-order valence-corrected chi connectivity index (χ2v) is 6.41. The maximum atomic E-state index is 12.7. The molecule has 0 radical (unpaired) electrons. The van der Waals surface area contributed by atoms with Crippen molar-refractivity contribution in [3.05, 3.63) is 48.0 Å². The Hall–Kier alpha value is -2.73. The molecule has 0 aliphatic carbocycles. The molecule has 2 aromatic carbocycles. The van der Waals surface area contributed by atoms with Gasteiger partial charge in [-0.3, -0.25) is 9.69 Å². The molecule has 0 atom stereocenters. The van der Waals surface area contributed by atoms with Crippen molar-refractivity contribution in [3.63, 3.8) is 0 Å².